The summed E-state index contributed by atoms with van der Waals surface area (Å²) in [6.45, 7) is 7.39. The maximum Gasteiger partial charge on any atom is 0.293 e. The Labute approximate surface area is 238 Å². The fourth-order valence-electron chi connectivity index (χ4n) is 5.35. The highest BCUT2D eigenvalue weighted by atomic mass is 16.5. The van der Waals surface area contributed by atoms with Crippen LogP contribution in [-0.2, 0) is 19.0 Å². The average Bonchev–Trinajstić information content (AvgIpc) is 3.54. The van der Waals surface area contributed by atoms with Crippen molar-refractivity contribution in [3.63, 3.8) is 0 Å². The van der Waals surface area contributed by atoms with Gasteiger partial charge in [0.05, 0.1) is 29.7 Å². The summed E-state index contributed by atoms with van der Waals surface area (Å²) in [5.41, 5.74) is 4.35. The lowest BCUT2D eigenvalue weighted by atomic mass is 9.88. The Morgan fingerprint density at radius 1 is 1.17 bits per heavy atom. The van der Waals surface area contributed by atoms with Gasteiger partial charge in [-0.05, 0) is 42.5 Å². The van der Waals surface area contributed by atoms with E-state index in [1.54, 1.807) is 17.1 Å². The van der Waals surface area contributed by atoms with Crippen molar-refractivity contribution in [2.75, 3.05) is 11.9 Å². The fraction of sp³-hybridized carbons (Fsp3) is 0.448. The predicted molar refractivity (Wildman–Crippen MR) is 151 cm³/mol. The Morgan fingerprint density at radius 2 is 2.00 bits per heavy atom. The van der Waals surface area contributed by atoms with Gasteiger partial charge in [0.25, 0.3) is 11.7 Å². The van der Waals surface area contributed by atoms with Crippen molar-refractivity contribution in [3.05, 3.63) is 65.7 Å². The summed E-state index contributed by atoms with van der Waals surface area (Å²) >= 11 is 0. The Kier molecular flexibility index (Phi) is 7.04. The lowest BCUT2D eigenvalue weighted by molar-refractivity contribution is -0.00199. The number of amides is 1. The number of aryl methyl sites for hydroxylation is 1. The quantitative estimate of drug-likeness (QED) is 0.322. The third-order valence-corrected chi connectivity index (χ3v) is 7.69. The first-order valence-corrected chi connectivity index (χ1v) is 13.9. The molecule has 2 aliphatic rings. The first kappa shape index (κ1) is 27.0. The minimum atomic E-state index is -0.362. The molecule has 1 aliphatic carbocycles. The van der Waals surface area contributed by atoms with E-state index in [1.807, 2.05) is 46.1 Å². The first-order valence-electron chi connectivity index (χ1n) is 13.9. The van der Waals surface area contributed by atoms with Gasteiger partial charge in [0.15, 0.2) is 0 Å². The van der Waals surface area contributed by atoms with Crippen LogP contribution in [0.1, 0.15) is 73.7 Å². The molecule has 0 radical (unpaired) electrons. The van der Waals surface area contributed by atoms with Gasteiger partial charge in [0.1, 0.15) is 0 Å². The predicted octanol–water partition coefficient (Wildman–Crippen LogP) is 3.50. The van der Waals surface area contributed by atoms with Crippen molar-refractivity contribution in [2.24, 2.45) is 7.05 Å². The second kappa shape index (κ2) is 10.7. The fourth-order valence-corrected chi connectivity index (χ4v) is 5.35. The molecule has 1 amide bonds. The monoisotopic (exact) mass is 557 g/mol. The van der Waals surface area contributed by atoms with Crippen molar-refractivity contribution in [3.8, 4) is 11.3 Å². The molecule has 1 aromatic carbocycles. The van der Waals surface area contributed by atoms with E-state index >= 15 is 0 Å². The largest absolute Gasteiger partial charge is 0.393 e. The molecule has 6 rings (SSSR count). The van der Waals surface area contributed by atoms with E-state index in [4.69, 9.17) is 9.51 Å². The Hall–Kier alpha value is -4.16. The number of anilines is 2. The van der Waals surface area contributed by atoms with E-state index in [0.717, 1.165) is 60.4 Å². The van der Waals surface area contributed by atoms with Crippen molar-refractivity contribution in [1.82, 2.24) is 40.1 Å². The maximum atomic E-state index is 13.2. The molecule has 12 nitrogen and oxygen atoms in total. The van der Waals surface area contributed by atoms with Gasteiger partial charge in [-0.15, -0.1) is 0 Å². The number of rotatable bonds is 6. The minimum Gasteiger partial charge on any atom is -0.393 e. The van der Waals surface area contributed by atoms with E-state index in [0.29, 0.717) is 17.9 Å². The van der Waals surface area contributed by atoms with Gasteiger partial charge in [-0.25, -0.2) is 9.97 Å². The third-order valence-electron chi connectivity index (χ3n) is 7.69. The van der Waals surface area contributed by atoms with Crippen LogP contribution in [0.5, 0.6) is 0 Å². The third kappa shape index (κ3) is 5.84. The molecular weight excluding hydrogens is 522 g/mol. The number of hydrogen-bond donors (Lipinski definition) is 3. The summed E-state index contributed by atoms with van der Waals surface area (Å²) in [5, 5.41) is 24.4. The average molecular weight is 558 g/mol. The van der Waals surface area contributed by atoms with Gasteiger partial charge in [0.2, 0.25) is 11.8 Å². The van der Waals surface area contributed by atoms with Gasteiger partial charge in [0, 0.05) is 49.6 Å². The van der Waals surface area contributed by atoms with Crippen LogP contribution in [-0.4, -0.2) is 64.5 Å². The number of fused-ring (bicyclic) bond motifs is 1. The van der Waals surface area contributed by atoms with Crippen LogP contribution < -0.4 is 10.6 Å². The molecule has 0 saturated heterocycles. The van der Waals surface area contributed by atoms with E-state index in [1.165, 1.54) is 0 Å². The summed E-state index contributed by atoms with van der Waals surface area (Å²) in [6, 6.07) is 8.22. The summed E-state index contributed by atoms with van der Waals surface area (Å²) in [5.74, 6) is 0.575. The smallest absolute Gasteiger partial charge is 0.293 e. The number of benzene rings is 1. The van der Waals surface area contributed by atoms with Gasteiger partial charge in [-0.2, -0.15) is 10.1 Å². The highest BCUT2D eigenvalue weighted by Crippen LogP contribution is 2.35. The Balaban J connectivity index is 1.28. The van der Waals surface area contributed by atoms with Gasteiger partial charge < -0.3 is 20.3 Å². The van der Waals surface area contributed by atoms with E-state index < -0.39 is 0 Å². The number of aromatic nitrogens is 6. The normalized spacial score (nSPS) is 21.0. The summed E-state index contributed by atoms with van der Waals surface area (Å²) in [6.07, 6.45) is 7.32. The van der Waals surface area contributed by atoms with E-state index in [-0.39, 0.29) is 29.3 Å². The molecule has 12 heteroatoms. The molecule has 1 aliphatic heterocycles. The summed E-state index contributed by atoms with van der Waals surface area (Å²) in [7, 11) is 1.85. The topological polar surface area (TPSA) is 147 Å². The number of carbonyl (C=O) groups is 1. The molecule has 4 heterocycles. The van der Waals surface area contributed by atoms with Crippen LogP contribution in [0, 0.1) is 0 Å². The van der Waals surface area contributed by atoms with Crippen LogP contribution >= 0.6 is 0 Å². The second-order valence-electron chi connectivity index (χ2n) is 11.9. The van der Waals surface area contributed by atoms with Crippen molar-refractivity contribution in [2.45, 2.75) is 70.2 Å². The Morgan fingerprint density at radius 3 is 2.71 bits per heavy atom. The lowest BCUT2D eigenvalue weighted by Crippen LogP contribution is -2.47. The standard InChI is InChI=1S/C29H35N9O3/c1-29(2,3)27-35-25(36-41-27)26(40)33-24-8-10-38(20-12-21(39)13-20)15-18-11-17(5-6-22(18)24)23-7-9-30-28(34-23)32-19-14-31-37(4)16-19/h5-7,9,11,14,16,20-21,24,39H,8,10,12-13,15H2,1-4H3,(H,33,40)(H,30,32,34)/t20?,21?,24-/m0/s1. The summed E-state index contributed by atoms with van der Waals surface area (Å²) in [4.78, 5) is 29.1. The van der Waals surface area contributed by atoms with Crippen molar-refractivity contribution < 1.29 is 14.4 Å². The number of hydrogen-bond acceptors (Lipinski definition) is 10. The van der Waals surface area contributed by atoms with Gasteiger partial charge in [-0.3, -0.25) is 14.4 Å². The molecule has 1 fully saturated rings. The molecular formula is C29H35N9O3. The lowest BCUT2D eigenvalue weighted by Gasteiger charge is -2.40. The zero-order chi connectivity index (χ0) is 28.7. The SMILES string of the molecule is Cn1cc(Nc2nccc(-c3ccc4c(c3)CN(C3CC(O)C3)CC[C@@H]4NC(=O)c3noc(C(C)(C)C)n3)n2)cn1. The molecule has 214 valence electrons. The molecule has 1 saturated carbocycles. The second-order valence-corrected chi connectivity index (χ2v) is 11.9. The highest BCUT2D eigenvalue weighted by molar-refractivity contribution is 5.90. The molecule has 0 unspecified atom stereocenters. The van der Waals surface area contributed by atoms with Gasteiger partial charge in [-0.1, -0.05) is 38.1 Å². The molecule has 3 N–H and O–H groups in total. The minimum absolute atomic E-state index is 0.0333. The van der Waals surface area contributed by atoms with Crippen LogP contribution in [0.15, 0.2) is 47.4 Å². The molecule has 3 aromatic heterocycles. The van der Waals surface area contributed by atoms with Crippen molar-refractivity contribution in [1.29, 1.82) is 0 Å². The maximum absolute atomic E-state index is 13.2. The van der Waals surface area contributed by atoms with Crippen LogP contribution in [0.25, 0.3) is 11.3 Å². The van der Waals surface area contributed by atoms with Crippen LogP contribution in [0.2, 0.25) is 0 Å². The molecule has 0 bridgehead atoms. The number of aliphatic hydroxyl groups is 1. The zero-order valence-electron chi connectivity index (χ0n) is 23.7. The first-order chi connectivity index (χ1) is 19.6. The summed E-state index contributed by atoms with van der Waals surface area (Å²) < 4.78 is 7.06. The Bertz CT molecular complexity index is 1550. The highest BCUT2D eigenvalue weighted by Gasteiger charge is 2.35. The molecule has 4 aromatic rings. The number of carbonyl (C=O) groups excluding carboxylic acids is 1. The zero-order valence-corrected chi connectivity index (χ0v) is 23.7. The van der Waals surface area contributed by atoms with Crippen LogP contribution in [0.3, 0.4) is 0 Å². The van der Waals surface area contributed by atoms with E-state index in [9.17, 15) is 9.90 Å². The number of aliphatic hydroxyl groups excluding tert-OH is 1. The van der Waals surface area contributed by atoms with Crippen molar-refractivity contribution >= 4 is 17.5 Å². The van der Waals surface area contributed by atoms with Gasteiger partial charge >= 0.3 is 0 Å². The molecule has 1 atom stereocenters. The number of nitrogens with zero attached hydrogens (tertiary/aromatic N) is 7. The van der Waals surface area contributed by atoms with E-state index in [2.05, 4.69) is 47.9 Å². The molecule has 41 heavy (non-hydrogen) atoms. The number of nitrogens with one attached hydrogen (secondary N) is 2. The molecule has 0 spiro atoms. The van der Waals surface area contributed by atoms with Crippen LogP contribution in [0.4, 0.5) is 11.6 Å².